The molecule has 3 aliphatic rings. The first-order valence-electron chi connectivity index (χ1n) is 9.00. The Morgan fingerprint density at radius 2 is 1.07 bits per heavy atom. The molecule has 6 rings (SSSR count). The van der Waals surface area contributed by atoms with Crippen LogP contribution in [-0.2, 0) is 0 Å². The Kier molecular flexibility index (Phi) is 3.88. The summed E-state index contributed by atoms with van der Waals surface area (Å²) in [7, 11) is 0. The zero-order valence-electron chi connectivity index (χ0n) is 15.0. The van der Waals surface area contributed by atoms with Gasteiger partial charge in [-0.15, -0.1) is 34.0 Å². The van der Waals surface area contributed by atoms with Crippen LogP contribution in [0.2, 0.25) is 0 Å². The van der Waals surface area contributed by atoms with Crippen LogP contribution in [0.3, 0.4) is 0 Å². The molecule has 0 radical (unpaired) electrons. The zero-order valence-corrected chi connectivity index (χ0v) is 17.4. The Bertz CT molecular complexity index is 1060. The van der Waals surface area contributed by atoms with Crippen LogP contribution in [-0.4, -0.2) is 39.6 Å². The van der Waals surface area contributed by atoms with Crippen LogP contribution in [0.15, 0.2) is 5.38 Å². The summed E-state index contributed by atoms with van der Waals surface area (Å²) in [6.45, 7) is 5.38. The third-order valence-corrected chi connectivity index (χ3v) is 8.16. The van der Waals surface area contributed by atoms with Crippen molar-refractivity contribution >= 4 is 34.0 Å². The lowest BCUT2D eigenvalue weighted by atomic mass is 10.2. The molecule has 0 atom stereocenters. The van der Waals surface area contributed by atoms with Gasteiger partial charge >= 0.3 is 0 Å². The molecule has 0 aromatic carbocycles. The van der Waals surface area contributed by atoms with E-state index in [0.717, 1.165) is 58.9 Å². The standard InChI is InChI=1S/C19H16O6S3/c1-9-11-13(23-5-4-21-11)18(27-9)19-15-14(24-6-7-25-15)17(28-19)16-12-10(8-26-16)20-2-3-22-12/h8H,2-7H2,1H3. The van der Waals surface area contributed by atoms with Crippen molar-refractivity contribution in [2.45, 2.75) is 6.92 Å². The third-order valence-electron chi connectivity index (χ3n) is 4.68. The number of hydrogen-bond donors (Lipinski definition) is 0. The van der Waals surface area contributed by atoms with Gasteiger partial charge in [-0.1, -0.05) is 0 Å². The van der Waals surface area contributed by atoms with Crippen molar-refractivity contribution in [2.75, 3.05) is 39.6 Å². The Balaban J connectivity index is 1.54. The zero-order chi connectivity index (χ0) is 18.7. The molecule has 146 valence electrons. The molecule has 0 spiro atoms. The molecule has 0 unspecified atom stereocenters. The van der Waals surface area contributed by atoms with E-state index in [2.05, 4.69) is 6.92 Å². The first-order chi connectivity index (χ1) is 13.8. The summed E-state index contributed by atoms with van der Waals surface area (Å²) >= 11 is 4.92. The van der Waals surface area contributed by atoms with Crippen molar-refractivity contribution in [2.24, 2.45) is 0 Å². The van der Waals surface area contributed by atoms with Gasteiger partial charge in [0.15, 0.2) is 34.5 Å². The van der Waals surface area contributed by atoms with Crippen LogP contribution in [0.25, 0.3) is 19.5 Å². The number of thiophene rings is 3. The molecule has 0 saturated carbocycles. The maximum absolute atomic E-state index is 6.06. The summed E-state index contributed by atoms with van der Waals surface area (Å²) in [5.74, 6) is 4.81. The maximum Gasteiger partial charge on any atom is 0.181 e. The maximum atomic E-state index is 6.06. The van der Waals surface area contributed by atoms with E-state index in [4.69, 9.17) is 28.4 Å². The molecule has 6 heterocycles. The van der Waals surface area contributed by atoms with Crippen molar-refractivity contribution in [3.05, 3.63) is 10.3 Å². The van der Waals surface area contributed by atoms with Crippen molar-refractivity contribution in [1.82, 2.24) is 0 Å². The van der Waals surface area contributed by atoms with Gasteiger partial charge < -0.3 is 28.4 Å². The third kappa shape index (κ3) is 2.42. The molecule has 0 N–H and O–H groups in total. The molecule has 3 aliphatic heterocycles. The Morgan fingerprint density at radius 1 is 0.571 bits per heavy atom. The monoisotopic (exact) mass is 436 g/mol. The number of ether oxygens (including phenoxy) is 6. The van der Waals surface area contributed by atoms with Gasteiger partial charge in [0, 0.05) is 10.3 Å². The molecular formula is C19H16O6S3. The van der Waals surface area contributed by atoms with E-state index in [1.54, 1.807) is 34.0 Å². The van der Waals surface area contributed by atoms with Crippen molar-refractivity contribution in [1.29, 1.82) is 0 Å². The first kappa shape index (κ1) is 16.8. The topological polar surface area (TPSA) is 55.4 Å². The fraction of sp³-hybridized carbons (Fsp3) is 0.368. The first-order valence-corrected chi connectivity index (χ1v) is 11.5. The van der Waals surface area contributed by atoms with Crippen LogP contribution in [0.4, 0.5) is 0 Å². The van der Waals surface area contributed by atoms with Crippen LogP contribution in [0.5, 0.6) is 34.5 Å². The van der Waals surface area contributed by atoms with E-state index in [9.17, 15) is 0 Å². The SMILES string of the molecule is Cc1sc(-c2sc(-c3scc4c3OCCO4)c3c2OCCO3)c2c1OCCO2. The minimum Gasteiger partial charge on any atom is -0.485 e. The number of fused-ring (bicyclic) bond motifs is 3. The quantitative estimate of drug-likeness (QED) is 0.574. The van der Waals surface area contributed by atoms with E-state index in [1.165, 1.54) is 0 Å². The lowest BCUT2D eigenvalue weighted by molar-refractivity contribution is 0.171. The molecule has 9 heteroatoms. The van der Waals surface area contributed by atoms with Crippen molar-refractivity contribution < 1.29 is 28.4 Å². The van der Waals surface area contributed by atoms with Crippen molar-refractivity contribution in [3.8, 4) is 54.0 Å². The van der Waals surface area contributed by atoms with E-state index in [-0.39, 0.29) is 0 Å². The minimum atomic E-state index is 0.530. The second-order valence-electron chi connectivity index (χ2n) is 6.41. The van der Waals surface area contributed by atoms with Gasteiger partial charge in [0.05, 0.1) is 19.5 Å². The summed E-state index contributed by atoms with van der Waals surface area (Å²) < 4.78 is 35.5. The summed E-state index contributed by atoms with van der Waals surface area (Å²) in [4.78, 5) is 5.19. The largest absolute Gasteiger partial charge is 0.485 e. The lowest BCUT2D eigenvalue weighted by Gasteiger charge is -2.19. The average Bonchev–Trinajstić information content (AvgIpc) is 3.42. The van der Waals surface area contributed by atoms with Gasteiger partial charge in [-0.2, -0.15) is 0 Å². The fourth-order valence-electron chi connectivity index (χ4n) is 3.51. The molecule has 3 aromatic heterocycles. The van der Waals surface area contributed by atoms with Gasteiger partial charge in [-0.05, 0) is 6.92 Å². The average molecular weight is 437 g/mol. The summed E-state index contributed by atoms with van der Waals surface area (Å²) in [6.07, 6.45) is 0. The van der Waals surface area contributed by atoms with Crippen LogP contribution < -0.4 is 28.4 Å². The van der Waals surface area contributed by atoms with Gasteiger partial charge in [0.1, 0.15) is 39.6 Å². The lowest BCUT2D eigenvalue weighted by Crippen LogP contribution is -2.16. The number of rotatable bonds is 2. The highest BCUT2D eigenvalue weighted by Crippen LogP contribution is 2.61. The van der Waals surface area contributed by atoms with Crippen LogP contribution in [0, 0.1) is 6.92 Å². The second kappa shape index (κ2) is 6.47. The molecule has 0 aliphatic carbocycles. The predicted octanol–water partition coefficient (Wildman–Crippen LogP) is 4.83. The van der Waals surface area contributed by atoms with Crippen LogP contribution in [0.1, 0.15) is 4.88 Å². The molecule has 0 fully saturated rings. The normalized spacial score (nSPS) is 16.9. The Labute approximate surface area is 173 Å². The molecule has 0 bridgehead atoms. The summed E-state index contributed by atoms with van der Waals surface area (Å²) in [5.41, 5.74) is 0. The van der Waals surface area contributed by atoms with Gasteiger partial charge in [-0.25, -0.2) is 0 Å². The van der Waals surface area contributed by atoms with E-state index in [0.29, 0.717) is 39.6 Å². The summed E-state index contributed by atoms with van der Waals surface area (Å²) in [5, 5.41) is 1.99. The van der Waals surface area contributed by atoms with Gasteiger partial charge in [0.25, 0.3) is 0 Å². The highest BCUT2D eigenvalue weighted by atomic mass is 32.1. The van der Waals surface area contributed by atoms with Gasteiger partial charge in [0.2, 0.25) is 0 Å². The predicted molar refractivity (Wildman–Crippen MR) is 109 cm³/mol. The highest BCUT2D eigenvalue weighted by molar-refractivity contribution is 7.27. The van der Waals surface area contributed by atoms with Crippen molar-refractivity contribution in [3.63, 3.8) is 0 Å². The smallest absolute Gasteiger partial charge is 0.181 e. The molecule has 6 nitrogen and oxygen atoms in total. The molecule has 3 aromatic rings. The minimum absolute atomic E-state index is 0.530. The van der Waals surface area contributed by atoms with E-state index in [1.807, 2.05) is 5.38 Å². The fourth-order valence-corrected chi connectivity index (χ4v) is 6.94. The molecular weight excluding hydrogens is 420 g/mol. The Morgan fingerprint density at radius 3 is 1.79 bits per heavy atom. The molecule has 0 amide bonds. The van der Waals surface area contributed by atoms with E-state index < -0.39 is 0 Å². The Hall–Kier alpha value is -2.10. The van der Waals surface area contributed by atoms with Crippen LogP contribution >= 0.6 is 34.0 Å². The summed E-state index contributed by atoms with van der Waals surface area (Å²) in [6, 6.07) is 0. The number of hydrogen-bond acceptors (Lipinski definition) is 9. The molecule has 28 heavy (non-hydrogen) atoms. The second-order valence-corrected chi connectivity index (χ2v) is 9.54. The highest BCUT2D eigenvalue weighted by Gasteiger charge is 2.34. The van der Waals surface area contributed by atoms with Gasteiger partial charge in [-0.3, -0.25) is 0 Å². The van der Waals surface area contributed by atoms with E-state index >= 15 is 0 Å². The number of aryl methyl sites for hydroxylation is 1. The molecule has 0 saturated heterocycles.